The molecule has 2 aromatic rings. The lowest BCUT2D eigenvalue weighted by molar-refractivity contribution is -0.138. The van der Waals surface area contributed by atoms with E-state index in [1.165, 1.54) is 0 Å². The molecule has 2 fully saturated rings. The van der Waals surface area contributed by atoms with Crippen LogP contribution >= 0.6 is 0 Å². The minimum absolute atomic E-state index is 0.0222. The summed E-state index contributed by atoms with van der Waals surface area (Å²) < 4.78 is 55.0. The van der Waals surface area contributed by atoms with E-state index in [9.17, 15) is 22.4 Å². The fraction of sp³-hybridized carbons (Fsp3) is 0.379. The first-order chi connectivity index (χ1) is 18.6. The maximum Gasteiger partial charge on any atom is 0.416 e. The Labute approximate surface area is 226 Å². The van der Waals surface area contributed by atoms with Crippen molar-refractivity contribution in [3.63, 3.8) is 0 Å². The SMILES string of the molecule is C=C1NCCCN(Cc2cc(F)ccc2C(F)(F)F)/C1=N/C(=C\C)c1ccc(C(=O)N2CCN(C)CC2)cc1. The fourth-order valence-corrected chi connectivity index (χ4v) is 4.74. The molecule has 208 valence electrons. The van der Waals surface area contributed by atoms with E-state index < -0.39 is 17.6 Å². The molecule has 2 aliphatic rings. The quantitative estimate of drug-likeness (QED) is 0.540. The second-order valence-electron chi connectivity index (χ2n) is 9.76. The van der Waals surface area contributed by atoms with Crippen molar-refractivity contribution in [3.8, 4) is 0 Å². The molecule has 39 heavy (non-hydrogen) atoms. The third-order valence-electron chi connectivity index (χ3n) is 6.96. The topological polar surface area (TPSA) is 51.2 Å². The van der Waals surface area contributed by atoms with Crippen LogP contribution in [0.15, 0.2) is 65.8 Å². The molecule has 6 nitrogen and oxygen atoms in total. The van der Waals surface area contributed by atoms with Crippen LogP contribution in [-0.2, 0) is 12.7 Å². The first kappa shape index (κ1) is 28.4. The van der Waals surface area contributed by atoms with E-state index in [-0.39, 0.29) is 18.0 Å². The third-order valence-corrected chi connectivity index (χ3v) is 6.96. The van der Waals surface area contributed by atoms with E-state index in [1.807, 2.05) is 31.0 Å². The summed E-state index contributed by atoms with van der Waals surface area (Å²) >= 11 is 0. The fourth-order valence-electron chi connectivity index (χ4n) is 4.74. The Morgan fingerprint density at radius 2 is 1.72 bits per heavy atom. The van der Waals surface area contributed by atoms with Crippen molar-refractivity contribution < 1.29 is 22.4 Å². The van der Waals surface area contributed by atoms with Crippen molar-refractivity contribution in [2.24, 2.45) is 4.99 Å². The number of hydrogen-bond donors (Lipinski definition) is 1. The molecule has 4 rings (SSSR count). The number of halogens is 4. The summed E-state index contributed by atoms with van der Waals surface area (Å²) in [6.07, 6.45) is -2.17. The maximum atomic E-state index is 14.0. The Bertz CT molecular complexity index is 1260. The summed E-state index contributed by atoms with van der Waals surface area (Å²) in [7, 11) is 2.03. The number of piperazine rings is 1. The average molecular weight is 544 g/mol. The van der Waals surface area contributed by atoms with E-state index in [0.717, 1.165) is 36.9 Å². The minimum Gasteiger partial charge on any atom is -0.382 e. The number of nitrogens with one attached hydrogen (secondary N) is 1. The lowest BCUT2D eigenvalue weighted by Gasteiger charge is -2.32. The minimum atomic E-state index is -4.61. The molecular weight excluding hydrogens is 510 g/mol. The second-order valence-corrected chi connectivity index (χ2v) is 9.76. The normalized spacial score (nSPS) is 18.8. The molecule has 0 radical (unpaired) electrons. The average Bonchev–Trinajstić information content (AvgIpc) is 3.07. The lowest BCUT2D eigenvalue weighted by Crippen LogP contribution is -2.47. The molecule has 1 N–H and O–H groups in total. The van der Waals surface area contributed by atoms with Gasteiger partial charge in [-0.1, -0.05) is 24.8 Å². The van der Waals surface area contributed by atoms with Gasteiger partial charge in [0.1, 0.15) is 5.82 Å². The highest BCUT2D eigenvalue weighted by molar-refractivity contribution is 6.01. The summed E-state index contributed by atoms with van der Waals surface area (Å²) in [6.45, 7) is 9.70. The van der Waals surface area contributed by atoms with Crippen molar-refractivity contribution in [2.45, 2.75) is 26.1 Å². The van der Waals surface area contributed by atoms with Gasteiger partial charge < -0.3 is 20.0 Å². The van der Waals surface area contributed by atoms with Gasteiger partial charge in [0.25, 0.3) is 5.91 Å². The zero-order valence-electron chi connectivity index (χ0n) is 22.2. The van der Waals surface area contributed by atoms with Crippen LogP contribution < -0.4 is 5.32 Å². The Kier molecular flexibility index (Phi) is 8.74. The number of likely N-dealkylation sites (N-methyl/N-ethyl adjacent to an activating group) is 1. The second kappa shape index (κ2) is 12.0. The molecule has 0 atom stereocenters. The summed E-state index contributed by atoms with van der Waals surface area (Å²) in [5.41, 5.74) is 1.34. The van der Waals surface area contributed by atoms with Gasteiger partial charge in [0, 0.05) is 51.4 Å². The van der Waals surface area contributed by atoms with Crippen LogP contribution in [0.25, 0.3) is 5.70 Å². The van der Waals surface area contributed by atoms with Crippen LogP contribution in [0, 0.1) is 5.82 Å². The van der Waals surface area contributed by atoms with Gasteiger partial charge in [0.05, 0.1) is 17.0 Å². The first-order valence-electron chi connectivity index (χ1n) is 12.9. The van der Waals surface area contributed by atoms with Gasteiger partial charge >= 0.3 is 6.18 Å². The summed E-state index contributed by atoms with van der Waals surface area (Å²) in [5.74, 6) is -0.370. The molecule has 0 unspecified atom stereocenters. The molecule has 10 heteroatoms. The molecule has 0 saturated carbocycles. The van der Waals surface area contributed by atoms with Gasteiger partial charge in [-0.2, -0.15) is 13.2 Å². The number of hydrogen-bond acceptors (Lipinski definition) is 4. The summed E-state index contributed by atoms with van der Waals surface area (Å²) in [5, 5.41) is 3.17. The van der Waals surface area contributed by atoms with Crippen LogP contribution in [0.2, 0.25) is 0 Å². The molecule has 0 spiro atoms. The zero-order valence-corrected chi connectivity index (χ0v) is 22.2. The predicted octanol–water partition coefficient (Wildman–Crippen LogP) is 5.00. The largest absolute Gasteiger partial charge is 0.416 e. The van der Waals surface area contributed by atoms with E-state index >= 15 is 0 Å². The molecule has 0 bridgehead atoms. The monoisotopic (exact) mass is 543 g/mol. The van der Waals surface area contributed by atoms with E-state index in [1.54, 1.807) is 23.1 Å². The third kappa shape index (κ3) is 6.86. The molecule has 2 saturated heterocycles. The number of alkyl halides is 3. The molecule has 0 aliphatic carbocycles. The maximum absolute atomic E-state index is 14.0. The number of amidine groups is 1. The molecular formula is C29H33F4N5O. The number of rotatable bonds is 5. The highest BCUT2D eigenvalue weighted by Crippen LogP contribution is 2.33. The number of carbonyl (C=O) groups excluding carboxylic acids is 1. The number of benzene rings is 2. The molecule has 1 amide bonds. The van der Waals surface area contributed by atoms with Gasteiger partial charge in [-0.3, -0.25) is 4.79 Å². The van der Waals surface area contributed by atoms with Crippen molar-refractivity contribution >= 4 is 17.4 Å². The summed E-state index contributed by atoms with van der Waals surface area (Å²) in [6, 6.07) is 9.67. The van der Waals surface area contributed by atoms with Crippen LogP contribution in [0.3, 0.4) is 0 Å². The predicted molar refractivity (Wildman–Crippen MR) is 145 cm³/mol. The number of carbonyl (C=O) groups is 1. The number of aliphatic imine (C=N–C) groups is 1. The van der Waals surface area contributed by atoms with Gasteiger partial charge in [-0.15, -0.1) is 0 Å². The van der Waals surface area contributed by atoms with Gasteiger partial charge in [-0.25, -0.2) is 9.38 Å². The van der Waals surface area contributed by atoms with Gasteiger partial charge in [0.2, 0.25) is 0 Å². The van der Waals surface area contributed by atoms with Gasteiger partial charge in [-0.05, 0) is 61.9 Å². The van der Waals surface area contributed by atoms with Crippen molar-refractivity contribution in [1.29, 1.82) is 0 Å². The standard InChI is InChI=1S/C29H33F4N5O/c1-4-26(21-6-8-22(9-7-21)28(39)37-16-14-36(3)15-17-37)35-27-20(2)34-12-5-13-38(27)19-23-18-24(30)10-11-25(23)29(31,32)33/h4,6-11,18,34H,2,5,12-17,19H2,1,3H3/b26-4-,35-27+. The van der Waals surface area contributed by atoms with Crippen LogP contribution in [0.4, 0.5) is 17.6 Å². The highest BCUT2D eigenvalue weighted by atomic mass is 19.4. The molecule has 0 aromatic heterocycles. The summed E-state index contributed by atoms with van der Waals surface area (Å²) in [4.78, 5) is 23.4. The molecule has 2 heterocycles. The Hall–Kier alpha value is -3.66. The zero-order chi connectivity index (χ0) is 28.2. The first-order valence-corrected chi connectivity index (χ1v) is 12.9. The smallest absolute Gasteiger partial charge is 0.382 e. The van der Waals surface area contributed by atoms with Crippen molar-refractivity contribution in [1.82, 2.24) is 20.0 Å². The molecule has 2 aromatic carbocycles. The number of nitrogens with zero attached hydrogens (tertiary/aromatic N) is 4. The van der Waals surface area contributed by atoms with Crippen LogP contribution in [0.1, 0.15) is 40.4 Å². The highest BCUT2D eigenvalue weighted by Gasteiger charge is 2.34. The van der Waals surface area contributed by atoms with Gasteiger partial charge in [0.15, 0.2) is 5.84 Å². The Balaban J connectivity index is 1.60. The van der Waals surface area contributed by atoms with Crippen LogP contribution in [-0.4, -0.2) is 72.8 Å². The van der Waals surface area contributed by atoms with E-state index in [4.69, 9.17) is 4.99 Å². The lowest BCUT2D eigenvalue weighted by atomic mass is 10.1. The molecule has 2 aliphatic heterocycles. The van der Waals surface area contributed by atoms with Crippen molar-refractivity contribution in [2.75, 3.05) is 46.3 Å². The number of amides is 1. The van der Waals surface area contributed by atoms with E-state index in [0.29, 0.717) is 55.4 Å². The van der Waals surface area contributed by atoms with Crippen molar-refractivity contribution in [3.05, 3.63) is 88.9 Å². The Morgan fingerprint density at radius 3 is 2.36 bits per heavy atom. The van der Waals surface area contributed by atoms with Crippen LogP contribution in [0.5, 0.6) is 0 Å². The number of allylic oxidation sites excluding steroid dienone is 1. The Morgan fingerprint density at radius 1 is 1.05 bits per heavy atom. The van der Waals surface area contributed by atoms with E-state index in [2.05, 4.69) is 16.8 Å².